The quantitative estimate of drug-likeness (QED) is 0.664. The molecule has 0 N–H and O–H groups in total. The van der Waals surface area contributed by atoms with Gasteiger partial charge >= 0.3 is 0 Å². The molecule has 0 aliphatic heterocycles. The van der Waals surface area contributed by atoms with E-state index in [1.807, 2.05) is 17.6 Å². The molecule has 0 saturated carbocycles. The summed E-state index contributed by atoms with van der Waals surface area (Å²) in [5.41, 5.74) is 3.46. The van der Waals surface area contributed by atoms with Crippen molar-refractivity contribution < 1.29 is 0 Å². The molecule has 3 heteroatoms. The number of nitrogens with zero attached hydrogens (tertiary/aromatic N) is 3. The molecule has 0 unspecified atom stereocenters. The van der Waals surface area contributed by atoms with Gasteiger partial charge in [0.05, 0.1) is 11.2 Å². The Hall–Kier alpha value is -1.38. The molecular weight excluding hydrogens is 162 g/mol. The van der Waals surface area contributed by atoms with Crippen molar-refractivity contribution in [3.8, 4) is 0 Å². The Morgan fingerprint density at radius 2 is 2.15 bits per heavy atom. The molecule has 0 aromatic carbocycles. The number of fused-ring (bicyclic) bond motifs is 1. The summed E-state index contributed by atoms with van der Waals surface area (Å²) in [4.78, 5) is 4.15. The van der Waals surface area contributed by atoms with E-state index < -0.39 is 0 Å². The summed E-state index contributed by atoms with van der Waals surface area (Å²) in [6.07, 6.45) is 3.66. The molecule has 0 spiro atoms. The van der Waals surface area contributed by atoms with Crippen LogP contribution in [0, 0.1) is 6.92 Å². The second kappa shape index (κ2) is 2.83. The van der Waals surface area contributed by atoms with E-state index in [1.165, 1.54) is 11.1 Å². The van der Waals surface area contributed by atoms with Gasteiger partial charge in [0.25, 0.3) is 0 Å². The maximum Gasteiger partial charge on any atom is 0.117 e. The number of aromatic nitrogens is 3. The Balaban J connectivity index is 2.75. The van der Waals surface area contributed by atoms with Crippen molar-refractivity contribution in [2.45, 2.75) is 26.7 Å². The molecule has 2 aromatic rings. The first kappa shape index (κ1) is 8.23. The monoisotopic (exact) mass is 175 g/mol. The fourth-order valence-electron chi connectivity index (χ4n) is 1.51. The van der Waals surface area contributed by atoms with Crippen molar-refractivity contribution >= 4 is 5.52 Å². The van der Waals surface area contributed by atoms with Gasteiger partial charge in [-0.15, -0.1) is 0 Å². The summed E-state index contributed by atoms with van der Waals surface area (Å²) in [5.74, 6) is 0.493. The fourth-order valence-corrected chi connectivity index (χ4v) is 1.51. The highest BCUT2D eigenvalue weighted by molar-refractivity contribution is 5.55. The van der Waals surface area contributed by atoms with Crippen LogP contribution in [0.25, 0.3) is 5.52 Å². The van der Waals surface area contributed by atoms with Crippen LogP contribution in [-0.4, -0.2) is 14.6 Å². The third-order valence-corrected chi connectivity index (χ3v) is 2.17. The van der Waals surface area contributed by atoms with Gasteiger partial charge in [-0.2, -0.15) is 5.10 Å². The molecule has 0 bridgehead atoms. The van der Waals surface area contributed by atoms with Gasteiger partial charge in [0, 0.05) is 6.20 Å². The number of hydrogen-bond acceptors (Lipinski definition) is 2. The van der Waals surface area contributed by atoms with E-state index in [9.17, 15) is 0 Å². The Kier molecular flexibility index (Phi) is 1.79. The van der Waals surface area contributed by atoms with Crippen LogP contribution in [0.4, 0.5) is 0 Å². The van der Waals surface area contributed by atoms with Crippen LogP contribution in [0.15, 0.2) is 18.6 Å². The van der Waals surface area contributed by atoms with E-state index in [0.29, 0.717) is 5.92 Å². The lowest BCUT2D eigenvalue weighted by molar-refractivity contribution is 0.828. The molecule has 2 aromatic heterocycles. The molecule has 0 saturated heterocycles. The summed E-state index contributed by atoms with van der Waals surface area (Å²) in [7, 11) is 0. The first-order chi connectivity index (χ1) is 6.18. The van der Waals surface area contributed by atoms with E-state index in [-0.39, 0.29) is 0 Å². The average molecular weight is 175 g/mol. The largest absolute Gasteiger partial charge is 0.244 e. The summed E-state index contributed by atoms with van der Waals surface area (Å²) >= 11 is 0. The second-order valence-electron chi connectivity index (χ2n) is 3.62. The first-order valence-corrected chi connectivity index (χ1v) is 4.48. The summed E-state index contributed by atoms with van der Waals surface area (Å²) in [5, 5.41) is 4.31. The predicted octanol–water partition coefficient (Wildman–Crippen LogP) is 2.16. The van der Waals surface area contributed by atoms with Crippen LogP contribution in [0.5, 0.6) is 0 Å². The first-order valence-electron chi connectivity index (χ1n) is 4.48. The predicted molar refractivity (Wildman–Crippen MR) is 51.8 cm³/mol. The van der Waals surface area contributed by atoms with E-state index in [4.69, 9.17) is 0 Å². The van der Waals surface area contributed by atoms with Crippen LogP contribution in [0.1, 0.15) is 31.0 Å². The summed E-state index contributed by atoms with van der Waals surface area (Å²) in [6, 6.07) is 2.09. The number of rotatable bonds is 1. The van der Waals surface area contributed by atoms with Gasteiger partial charge in [-0.3, -0.25) is 0 Å². The lowest BCUT2D eigenvalue weighted by Crippen LogP contribution is -1.96. The van der Waals surface area contributed by atoms with Crippen LogP contribution >= 0.6 is 0 Å². The van der Waals surface area contributed by atoms with Gasteiger partial charge in [0.15, 0.2) is 0 Å². The zero-order valence-corrected chi connectivity index (χ0v) is 8.15. The molecule has 3 nitrogen and oxygen atoms in total. The lowest BCUT2D eigenvalue weighted by atomic mass is 10.1. The van der Waals surface area contributed by atoms with Gasteiger partial charge in [0.1, 0.15) is 6.33 Å². The van der Waals surface area contributed by atoms with Crippen molar-refractivity contribution in [1.82, 2.24) is 14.6 Å². The van der Waals surface area contributed by atoms with Crippen molar-refractivity contribution in [2.24, 2.45) is 0 Å². The Labute approximate surface area is 77.4 Å². The highest BCUT2D eigenvalue weighted by Crippen LogP contribution is 2.19. The normalized spacial score (nSPS) is 11.4. The molecular formula is C10H13N3. The molecule has 0 atom stereocenters. The molecule has 2 heterocycles. The van der Waals surface area contributed by atoms with Gasteiger partial charge in [0.2, 0.25) is 0 Å². The Morgan fingerprint density at radius 3 is 2.85 bits per heavy atom. The van der Waals surface area contributed by atoms with Crippen LogP contribution in [0.3, 0.4) is 0 Å². The van der Waals surface area contributed by atoms with E-state index in [0.717, 1.165) is 5.69 Å². The third-order valence-electron chi connectivity index (χ3n) is 2.17. The highest BCUT2D eigenvalue weighted by atomic mass is 15.2. The van der Waals surface area contributed by atoms with E-state index >= 15 is 0 Å². The maximum atomic E-state index is 4.31. The Morgan fingerprint density at radius 1 is 1.38 bits per heavy atom. The third kappa shape index (κ3) is 1.30. The fraction of sp³-hybridized carbons (Fsp3) is 0.400. The van der Waals surface area contributed by atoms with Crippen LogP contribution in [-0.2, 0) is 0 Å². The van der Waals surface area contributed by atoms with Crippen molar-refractivity contribution in [3.05, 3.63) is 29.8 Å². The molecule has 13 heavy (non-hydrogen) atoms. The molecule has 0 aliphatic carbocycles. The zero-order chi connectivity index (χ0) is 9.42. The Bertz CT molecular complexity index is 429. The number of aryl methyl sites for hydroxylation is 1. The van der Waals surface area contributed by atoms with Gasteiger partial charge in [-0.25, -0.2) is 9.50 Å². The van der Waals surface area contributed by atoms with Crippen molar-refractivity contribution in [3.63, 3.8) is 0 Å². The molecule has 68 valence electrons. The van der Waals surface area contributed by atoms with Crippen LogP contribution in [0.2, 0.25) is 0 Å². The minimum atomic E-state index is 0.493. The van der Waals surface area contributed by atoms with Gasteiger partial charge < -0.3 is 0 Å². The second-order valence-corrected chi connectivity index (χ2v) is 3.62. The van der Waals surface area contributed by atoms with Crippen molar-refractivity contribution in [1.29, 1.82) is 0 Å². The molecule has 0 aliphatic rings. The number of hydrogen-bond donors (Lipinski definition) is 0. The van der Waals surface area contributed by atoms with E-state index in [2.05, 4.69) is 30.0 Å². The average Bonchev–Trinajstić information content (AvgIpc) is 2.43. The van der Waals surface area contributed by atoms with E-state index in [1.54, 1.807) is 6.33 Å². The standard InChI is InChI=1S/C10H13N3/c1-7(2)9-5-11-6-13-10(9)4-8(3)12-13/h4-7H,1-3H3. The van der Waals surface area contributed by atoms with Gasteiger partial charge in [-0.05, 0) is 24.5 Å². The zero-order valence-electron chi connectivity index (χ0n) is 8.15. The molecule has 0 fully saturated rings. The maximum absolute atomic E-state index is 4.31. The summed E-state index contributed by atoms with van der Waals surface area (Å²) in [6.45, 7) is 6.33. The molecule has 0 radical (unpaired) electrons. The highest BCUT2D eigenvalue weighted by Gasteiger charge is 2.06. The minimum absolute atomic E-state index is 0.493. The summed E-state index contributed by atoms with van der Waals surface area (Å²) < 4.78 is 1.84. The lowest BCUT2D eigenvalue weighted by Gasteiger charge is -2.05. The van der Waals surface area contributed by atoms with Gasteiger partial charge in [-0.1, -0.05) is 13.8 Å². The molecule has 2 rings (SSSR count). The topological polar surface area (TPSA) is 30.2 Å². The minimum Gasteiger partial charge on any atom is -0.244 e. The van der Waals surface area contributed by atoms with Crippen LogP contribution < -0.4 is 0 Å². The molecule has 0 amide bonds. The van der Waals surface area contributed by atoms with Crippen molar-refractivity contribution in [2.75, 3.05) is 0 Å². The smallest absolute Gasteiger partial charge is 0.117 e. The SMILES string of the molecule is Cc1cc2c(C(C)C)cncn2n1.